The Bertz CT molecular complexity index is 494. The summed E-state index contributed by atoms with van der Waals surface area (Å²) in [5, 5.41) is 10.7. The molecule has 0 radical (unpaired) electrons. The van der Waals surface area contributed by atoms with Gasteiger partial charge in [-0.15, -0.1) is 0 Å². The number of carbonyl (C=O) groups excluding carboxylic acids is 1. The van der Waals surface area contributed by atoms with Crippen molar-refractivity contribution in [1.82, 2.24) is 5.32 Å². The van der Waals surface area contributed by atoms with Gasteiger partial charge < -0.3 is 10.4 Å². The Morgan fingerprint density at radius 2 is 1.62 bits per heavy atom. The Labute approximate surface area is 126 Å². The molecule has 2 N–H and O–H groups in total. The first-order valence-corrected chi connectivity index (χ1v) is 6.63. The lowest BCUT2D eigenvalue weighted by molar-refractivity contribution is -0.132. The first kappa shape index (κ1) is 18.6. The molecule has 114 valence electrons. The van der Waals surface area contributed by atoms with Gasteiger partial charge in [0.1, 0.15) is 0 Å². The van der Waals surface area contributed by atoms with Gasteiger partial charge in [0.2, 0.25) is 5.91 Å². The number of carbonyl (C=O) groups is 2. The van der Waals surface area contributed by atoms with Gasteiger partial charge in [-0.3, -0.25) is 4.79 Å². The van der Waals surface area contributed by atoms with Gasteiger partial charge in [-0.05, 0) is 25.3 Å². The van der Waals surface area contributed by atoms with Crippen molar-refractivity contribution in [3.05, 3.63) is 60.2 Å². The zero-order valence-electron chi connectivity index (χ0n) is 12.8. The SMILES string of the molecule is C=C(C)C(=O)NCC(C)c1ccccc1.C=C(C)C(=O)O. The smallest absolute Gasteiger partial charge is 0.330 e. The summed E-state index contributed by atoms with van der Waals surface area (Å²) in [6.07, 6.45) is 0. The van der Waals surface area contributed by atoms with Crippen LogP contribution in [-0.2, 0) is 9.59 Å². The predicted molar refractivity (Wildman–Crippen MR) is 85.1 cm³/mol. The maximum atomic E-state index is 11.3. The Hall–Kier alpha value is -2.36. The summed E-state index contributed by atoms with van der Waals surface area (Å²) in [5.41, 5.74) is 1.96. The highest BCUT2D eigenvalue weighted by molar-refractivity contribution is 5.92. The van der Waals surface area contributed by atoms with Gasteiger partial charge in [0, 0.05) is 17.7 Å². The molecule has 0 fully saturated rings. The van der Waals surface area contributed by atoms with Crippen LogP contribution in [0.3, 0.4) is 0 Å². The second-order valence-electron chi connectivity index (χ2n) is 4.89. The molecule has 0 spiro atoms. The van der Waals surface area contributed by atoms with Crippen LogP contribution < -0.4 is 5.32 Å². The standard InChI is InChI=1S/C13H17NO.C4H6O2/c1-10(2)13(15)14-9-11(3)12-7-5-4-6-8-12;1-3(2)4(5)6/h4-8,11H,1,9H2,2-3H3,(H,14,15);1H2,2H3,(H,5,6). The number of benzene rings is 1. The number of carboxylic acids is 1. The fourth-order valence-electron chi connectivity index (χ4n) is 1.30. The van der Waals surface area contributed by atoms with Crippen LogP contribution in [0, 0.1) is 0 Å². The van der Waals surface area contributed by atoms with E-state index in [-0.39, 0.29) is 11.5 Å². The van der Waals surface area contributed by atoms with E-state index in [1.165, 1.54) is 12.5 Å². The number of carboxylic acid groups (broad SMARTS) is 1. The molecule has 0 aliphatic carbocycles. The Balaban J connectivity index is 0.000000567. The Kier molecular flexibility index (Phi) is 8.46. The molecule has 4 nitrogen and oxygen atoms in total. The maximum absolute atomic E-state index is 11.3. The van der Waals surface area contributed by atoms with Crippen molar-refractivity contribution in [2.24, 2.45) is 0 Å². The zero-order valence-corrected chi connectivity index (χ0v) is 12.8. The third-order valence-electron chi connectivity index (χ3n) is 2.69. The van der Waals surface area contributed by atoms with Gasteiger partial charge in [-0.1, -0.05) is 50.4 Å². The van der Waals surface area contributed by atoms with E-state index < -0.39 is 5.97 Å². The lowest BCUT2D eigenvalue weighted by atomic mass is 10.0. The molecule has 1 unspecified atom stereocenters. The highest BCUT2D eigenvalue weighted by Gasteiger charge is 2.07. The van der Waals surface area contributed by atoms with Gasteiger partial charge in [0.05, 0.1) is 0 Å². The molecule has 0 aromatic heterocycles. The zero-order chi connectivity index (χ0) is 16.4. The summed E-state index contributed by atoms with van der Waals surface area (Å²) in [6, 6.07) is 10.1. The van der Waals surface area contributed by atoms with Crippen LogP contribution in [0.1, 0.15) is 32.3 Å². The number of hydrogen-bond acceptors (Lipinski definition) is 2. The molecule has 4 heteroatoms. The van der Waals surface area contributed by atoms with Gasteiger partial charge in [-0.2, -0.15) is 0 Å². The number of nitrogens with one attached hydrogen (secondary N) is 1. The molecule has 1 aromatic carbocycles. The van der Waals surface area contributed by atoms with Crippen molar-refractivity contribution in [3.8, 4) is 0 Å². The van der Waals surface area contributed by atoms with E-state index >= 15 is 0 Å². The van der Waals surface area contributed by atoms with Crippen LogP contribution in [0.5, 0.6) is 0 Å². The molecule has 0 aliphatic rings. The van der Waals surface area contributed by atoms with Crippen molar-refractivity contribution in [1.29, 1.82) is 0 Å². The monoisotopic (exact) mass is 289 g/mol. The second-order valence-corrected chi connectivity index (χ2v) is 4.89. The summed E-state index contributed by atoms with van der Waals surface area (Å²) in [6.45, 7) is 12.6. The van der Waals surface area contributed by atoms with Crippen LogP contribution in [0.25, 0.3) is 0 Å². The summed E-state index contributed by atoms with van der Waals surface area (Å²) >= 11 is 0. The number of rotatable bonds is 5. The molecule has 0 heterocycles. The Morgan fingerprint density at radius 1 is 1.14 bits per heavy atom. The molecular formula is C17H23NO3. The van der Waals surface area contributed by atoms with Crippen LogP contribution in [-0.4, -0.2) is 23.5 Å². The molecule has 0 aliphatic heterocycles. The van der Waals surface area contributed by atoms with E-state index in [1.54, 1.807) is 6.92 Å². The van der Waals surface area contributed by atoms with E-state index in [1.807, 2.05) is 18.2 Å². The second kappa shape index (κ2) is 9.53. The van der Waals surface area contributed by atoms with E-state index in [0.29, 0.717) is 18.0 Å². The van der Waals surface area contributed by atoms with Crippen molar-refractivity contribution in [2.45, 2.75) is 26.7 Å². The first-order valence-electron chi connectivity index (χ1n) is 6.63. The number of hydrogen-bond donors (Lipinski definition) is 2. The average molecular weight is 289 g/mol. The topological polar surface area (TPSA) is 66.4 Å². The molecule has 1 amide bonds. The largest absolute Gasteiger partial charge is 0.478 e. The third kappa shape index (κ3) is 8.42. The maximum Gasteiger partial charge on any atom is 0.330 e. The molecule has 0 saturated heterocycles. The first-order chi connectivity index (χ1) is 9.75. The predicted octanol–water partition coefficient (Wildman–Crippen LogP) is 3.13. The highest BCUT2D eigenvalue weighted by atomic mass is 16.4. The summed E-state index contributed by atoms with van der Waals surface area (Å²) in [7, 11) is 0. The molecule has 1 aromatic rings. The van der Waals surface area contributed by atoms with Gasteiger partial charge in [0.25, 0.3) is 0 Å². The van der Waals surface area contributed by atoms with E-state index in [0.717, 1.165) is 0 Å². The lowest BCUT2D eigenvalue weighted by Gasteiger charge is -2.12. The molecule has 1 atom stereocenters. The minimum atomic E-state index is -0.935. The summed E-state index contributed by atoms with van der Waals surface area (Å²) < 4.78 is 0. The van der Waals surface area contributed by atoms with Crippen molar-refractivity contribution < 1.29 is 14.7 Å². The van der Waals surface area contributed by atoms with E-state index in [9.17, 15) is 9.59 Å². The Morgan fingerprint density at radius 3 is 2.00 bits per heavy atom. The minimum absolute atomic E-state index is 0.0715. The highest BCUT2D eigenvalue weighted by Crippen LogP contribution is 2.12. The molecule has 21 heavy (non-hydrogen) atoms. The summed E-state index contributed by atoms with van der Waals surface area (Å²) in [4.78, 5) is 20.9. The third-order valence-corrected chi connectivity index (χ3v) is 2.69. The average Bonchev–Trinajstić information content (AvgIpc) is 2.45. The van der Waals surface area contributed by atoms with E-state index in [4.69, 9.17) is 5.11 Å². The van der Waals surface area contributed by atoms with E-state index in [2.05, 4.69) is 37.5 Å². The molecule has 0 saturated carbocycles. The quantitative estimate of drug-likeness (QED) is 0.818. The van der Waals surface area contributed by atoms with Gasteiger partial charge in [-0.25, -0.2) is 4.79 Å². The van der Waals surface area contributed by atoms with Crippen LogP contribution in [0.15, 0.2) is 54.6 Å². The van der Waals surface area contributed by atoms with Gasteiger partial charge in [0.15, 0.2) is 0 Å². The van der Waals surface area contributed by atoms with Crippen LogP contribution in [0.4, 0.5) is 0 Å². The number of aliphatic carboxylic acids is 1. The molecular weight excluding hydrogens is 266 g/mol. The number of amides is 1. The minimum Gasteiger partial charge on any atom is -0.478 e. The van der Waals surface area contributed by atoms with Crippen LogP contribution in [0.2, 0.25) is 0 Å². The van der Waals surface area contributed by atoms with Crippen molar-refractivity contribution in [2.75, 3.05) is 6.54 Å². The van der Waals surface area contributed by atoms with Crippen molar-refractivity contribution in [3.63, 3.8) is 0 Å². The normalized spacial score (nSPS) is 10.6. The summed E-state index contributed by atoms with van der Waals surface area (Å²) in [5.74, 6) is -0.678. The fraction of sp³-hybridized carbons (Fsp3) is 0.294. The molecule has 1 rings (SSSR count). The fourth-order valence-corrected chi connectivity index (χ4v) is 1.30. The van der Waals surface area contributed by atoms with Gasteiger partial charge >= 0.3 is 5.97 Å². The van der Waals surface area contributed by atoms with Crippen molar-refractivity contribution >= 4 is 11.9 Å². The lowest BCUT2D eigenvalue weighted by Crippen LogP contribution is -2.27. The molecule has 0 bridgehead atoms. The van der Waals surface area contributed by atoms with Crippen LogP contribution >= 0.6 is 0 Å².